The van der Waals surface area contributed by atoms with Gasteiger partial charge in [-0.25, -0.2) is 0 Å². The fourth-order valence-electron chi connectivity index (χ4n) is 2.26. The van der Waals surface area contributed by atoms with Crippen LogP contribution >= 0.6 is 15.9 Å². The molecule has 0 aliphatic carbocycles. The number of carboxylic acid groups (broad SMARTS) is 1. The smallest absolute Gasteiger partial charge is 0.319 e. The maximum atomic E-state index is 12.1. The third-order valence-electron chi connectivity index (χ3n) is 3.50. The Hall–Kier alpha value is -1.80. The molecule has 0 spiro atoms. The summed E-state index contributed by atoms with van der Waals surface area (Å²) in [5.41, 5.74) is -1.22. The molecule has 1 heterocycles. The molecule has 0 bridgehead atoms. The predicted octanol–water partition coefficient (Wildman–Crippen LogP) is 1.96. The third kappa shape index (κ3) is 2.96. The van der Waals surface area contributed by atoms with E-state index in [4.69, 9.17) is 4.74 Å². The second-order valence-corrected chi connectivity index (χ2v) is 5.68. The summed E-state index contributed by atoms with van der Waals surface area (Å²) in [6.45, 7) is 0.0277. The van der Waals surface area contributed by atoms with Crippen molar-refractivity contribution in [3.8, 4) is 0 Å². The Bertz CT molecular complexity index is 617. The van der Waals surface area contributed by atoms with Gasteiger partial charge in [0, 0.05) is 23.0 Å². The van der Waals surface area contributed by atoms with Gasteiger partial charge in [0.2, 0.25) is 0 Å². The van der Waals surface area contributed by atoms with Crippen molar-refractivity contribution in [3.05, 3.63) is 38.3 Å². The first-order chi connectivity index (χ1) is 9.86. The van der Waals surface area contributed by atoms with E-state index in [0.29, 0.717) is 10.0 Å². The molecule has 1 N–H and O–H groups in total. The van der Waals surface area contributed by atoms with E-state index in [0.717, 1.165) is 0 Å². The van der Waals surface area contributed by atoms with Gasteiger partial charge in [-0.15, -0.1) is 0 Å². The topological polar surface area (TPSA) is 107 Å². The van der Waals surface area contributed by atoms with E-state index in [1.807, 2.05) is 0 Å². The number of ether oxygens (including phenoxy) is 1. The third-order valence-corrected chi connectivity index (χ3v) is 4.24. The fourth-order valence-corrected chi connectivity index (χ4v) is 2.76. The van der Waals surface area contributed by atoms with Gasteiger partial charge in [0.1, 0.15) is 0 Å². The zero-order chi connectivity index (χ0) is 15.6. The van der Waals surface area contributed by atoms with E-state index in [1.165, 1.54) is 18.2 Å². The SMILES string of the molecule is O=C(O)C1(Cc2ccc([N+](=O)[O-])cc2Br)COCCC1=O. The molecule has 1 atom stereocenters. The van der Waals surface area contributed by atoms with Gasteiger partial charge in [-0.2, -0.15) is 0 Å². The summed E-state index contributed by atoms with van der Waals surface area (Å²) in [6, 6.07) is 4.03. The lowest BCUT2D eigenvalue weighted by Crippen LogP contribution is -2.48. The van der Waals surface area contributed by atoms with Gasteiger partial charge in [0.05, 0.1) is 18.1 Å². The minimum atomic E-state index is -1.63. The van der Waals surface area contributed by atoms with Crippen molar-refractivity contribution in [1.82, 2.24) is 0 Å². The summed E-state index contributed by atoms with van der Waals surface area (Å²) < 4.78 is 5.56. The summed E-state index contributed by atoms with van der Waals surface area (Å²) in [6.07, 6.45) is -0.0172. The molecule has 1 fully saturated rings. The van der Waals surface area contributed by atoms with Gasteiger partial charge in [-0.1, -0.05) is 22.0 Å². The van der Waals surface area contributed by atoms with Gasteiger partial charge >= 0.3 is 5.97 Å². The Morgan fingerprint density at radius 2 is 2.24 bits per heavy atom. The van der Waals surface area contributed by atoms with Crippen molar-refractivity contribution in [1.29, 1.82) is 0 Å². The van der Waals surface area contributed by atoms with Crippen molar-refractivity contribution in [2.75, 3.05) is 13.2 Å². The molecule has 1 aromatic carbocycles. The van der Waals surface area contributed by atoms with Crippen molar-refractivity contribution in [2.24, 2.45) is 5.41 Å². The molecule has 0 saturated carbocycles. The van der Waals surface area contributed by atoms with Crippen LogP contribution in [0.15, 0.2) is 22.7 Å². The number of carboxylic acids is 1. The minimum absolute atomic E-state index is 0.0525. The number of nitrogens with zero attached hydrogens (tertiary/aromatic N) is 1. The summed E-state index contributed by atoms with van der Waals surface area (Å²) in [5, 5.41) is 20.1. The average Bonchev–Trinajstić information content (AvgIpc) is 2.43. The molecular formula is C13H12BrNO6. The van der Waals surface area contributed by atoms with Crippen LogP contribution in [0.4, 0.5) is 5.69 Å². The van der Waals surface area contributed by atoms with Gasteiger partial charge < -0.3 is 9.84 Å². The molecule has 1 unspecified atom stereocenters. The molecule has 1 saturated heterocycles. The highest BCUT2D eigenvalue weighted by atomic mass is 79.9. The number of aliphatic carboxylic acids is 1. The van der Waals surface area contributed by atoms with Crippen LogP contribution in [-0.4, -0.2) is 35.0 Å². The van der Waals surface area contributed by atoms with Gasteiger partial charge in [0.25, 0.3) is 5.69 Å². The lowest BCUT2D eigenvalue weighted by molar-refractivity contribution is -0.384. The maximum absolute atomic E-state index is 12.1. The maximum Gasteiger partial charge on any atom is 0.319 e. The quantitative estimate of drug-likeness (QED) is 0.501. The van der Waals surface area contributed by atoms with Crippen LogP contribution in [0.25, 0.3) is 0 Å². The lowest BCUT2D eigenvalue weighted by Gasteiger charge is -2.31. The Morgan fingerprint density at radius 3 is 2.76 bits per heavy atom. The van der Waals surface area contributed by atoms with E-state index >= 15 is 0 Å². The Balaban J connectivity index is 2.36. The number of hydrogen-bond donors (Lipinski definition) is 1. The molecule has 21 heavy (non-hydrogen) atoms. The largest absolute Gasteiger partial charge is 0.480 e. The molecule has 112 valence electrons. The first kappa shape index (κ1) is 15.6. The van der Waals surface area contributed by atoms with E-state index in [-0.39, 0.29) is 37.5 Å². The van der Waals surface area contributed by atoms with Gasteiger partial charge in [-0.3, -0.25) is 19.7 Å². The number of carbonyl (C=O) groups excluding carboxylic acids is 1. The summed E-state index contributed by atoms with van der Waals surface area (Å²) in [4.78, 5) is 33.8. The van der Waals surface area contributed by atoms with E-state index < -0.39 is 16.3 Å². The Kier molecular flexibility index (Phi) is 4.38. The van der Waals surface area contributed by atoms with E-state index in [9.17, 15) is 24.8 Å². The number of benzene rings is 1. The number of nitro groups is 1. The zero-order valence-electron chi connectivity index (χ0n) is 10.9. The highest BCUT2D eigenvalue weighted by molar-refractivity contribution is 9.10. The highest BCUT2D eigenvalue weighted by Gasteiger charge is 2.48. The summed E-state index contributed by atoms with van der Waals surface area (Å²) >= 11 is 3.19. The van der Waals surface area contributed by atoms with Crippen LogP contribution in [0.5, 0.6) is 0 Å². The molecule has 1 aromatic rings. The number of Topliss-reactive ketones (excluding diaryl/α,β-unsaturated/α-hetero) is 1. The van der Waals surface area contributed by atoms with Crippen LogP contribution in [0, 0.1) is 15.5 Å². The molecule has 7 nitrogen and oxygen atoms in total. The highest BCUT2D eigenvalue weighted by Crippen LogP contribution is 2.34. The summed E-state index contributed by atoms with van der Waals surface area (Å²) in [7, 11) is 0. The van der Waals surface area contributed by atoms with E-state index in [1.54, 1.807) is 0 Å². The molecule has 0 radical (unpaired) electrons. The second-order valence-electron chi connectivity index (χ2n) is 4.82. The molecule has 1 aliphatic heterocycles. The predicted molar refractivity (Wildman–Crippen MR) is 75.0 cm³/mol. The minimum Gasteiger partial charge on any atom is -0.480 e. The Morgan fingerprint density at radius 1 is 1.52 bits per heavy atom. The monoisotopic (exact) mass is 357 g/mol. The van der Waals surface area contributed by atoms with E-state index in [2.05, 4.69) is 15.9 Å². The number of halogens is 1. The first-order valence-electron chi connectivity index (χ1n) is 6.14. The van der Waals surface area contributed by atoms with Crippen LogP contribution in [0.2, 0.25) is 0 Å². The lowest BCUT2D eigenvalue weighted by atomic mass is 9.76. The zero-order valence-corrected chi connectivity index (χ0v) is 12.5. The standard InChI is InChI=1S/C13H12BrNO6/c14-10-5-9(15(19)20)2-1-8(10)6-13(12(17)18)7-21-4-3-11(13)16/h1-2,5H,3-4,6-7H2,(H,17,18). The van der Waals surface area contributed by atoms with Crippen molar-refractivity contribution < 1.29 is 24.4 Å². The van der Waals surface area contributed by atoms with Crippen molar-refractivity contribution >= 4 is 33.4 Å². The van der Waals surface area contributed by atoms with Crippen molar-refractivity contribution in [2.45, 2.75) is 12.8 Å². The first-order valence-corrected chi connectivity index (χ1v) is 6.93. The second kappa shape index (κ2) is 5.90. The van der Waals surface area contributed by atoms with Crippen LogP contribution in [-0.2, 0) is 20.7 Å². The fraction of sp³-hybridized carbons (Fsp3) is 0.385. The molecule has 8 heteroatoms. The number of ketones is 1. The molecule has 1 aliphatic rings. The summed E-state index contributed by atoms with van der Waals surface area (Å²) in [5.74, 6) is -1.62. The number of non-ortho nitro benzene ring substituents is 1. The normalized spacial score (nSPS) is 22.0. The molecule has 0 amide bonds. The van der Waals surface area contributed by atoms with Crippen molar-refractivity contribution in [3.63, 3.8) is 0 Å². The molecular weight excluding hydrogens is 346 g/mol. The Labute approximate surface area is 128 Å². The number of nitro benzene ring substituents is 1. The van der Waals surface area contributed by atoms with Crippen LogP contribution in [0.1, 0.15) is 12.0 Å². The molecule has 2 rings (SSSR count). The number of rotatable bonds is 4. The van der Waals surface area contributed by atoms with Gasteiger partial charge in [-0.05, 0) is 12.0 Å². The van der Waals surface area contributed by atoms with Crippen LogP contribution < -0.4 is 0 Å². The van der Waals surface area contributed by atoms with Crippen LogP contribution in [0.3, 0.4) is 0 Å². The molecule has 0 aromatic heterocycles. The number of carbonyl (C=O) groups is 2. The number of hydrogen-bond acceptors (Lipinski definition) is 5. The van der Waals surface area contributed by atoms with Gasteiger partial charge in [0.15, 0.2) is 11.2 Å². The average molecular weight is 358 g/mol.